The molecule has 0 radical (unpaired) electrons. The van der Waals surface area contributed by atoms with Crippen molar-refractivity contribution in [3.63, 3.8) is 0 Å². The molecule has 0 spiro atoms. The molecule has 0 aliphatic heterocycles. The van der Waals surface area contributed by atoms with Crippen molar-refractivity contribution >= 4 is 11.6 Å². The molecule has 1 rings (SSSR count). The maximum atomic E-state index is 12.0. The summed E-state index contributed by atoms with van der Waals surface area (Å²) in [5, 5.41) is 0. The zero-order valence-electron chi connectivity index (χ0n) is 11.4. The van der Waals surface area contributed by atoms with Gasteiger partial charge >= 0.3 is 0 Å². The Hall–Kier alpha value is -1.78. The molecule has 5 nitrogen and oxygen atoms in total. The molecule has 100 valence electrons. The van der Waals surface area contributed by atoms with E-state index in [0.29, 0.717) is 11.6 Å². The third kappa shape index (κ3) is 3.35. The second-order valence-electron chi connectivity index (χ2n) is 4.92. The molecule has 1 atom stereocenters. The van der Waals surface area contributed by atoms with E-state index >= 15 is 0 Å². The average Bonchev–Trinajstić information content (AvgIpc) is 2.31. The number of nitrogen functional groups attached to an aromatic ring is 1. The first-order valence-corrected chi connectivity index (χ1v) is 6.04. The van der Waals surface area contributed by atoms with Crippen molar-refractivity contribution in [2.24, 2.45) is 5.92 Å². The molecule has 0 fully saturated rings. The molecule has 1 amide bonds. The number of pyridine rings is 1. The number of rotatable bonds is 4. The van der Waals surface area contributed by atoms with Gasteiger partial charge in [-0.25, -0.2) is 0 Å². The number of hydrogen-bond donors (Lipinski definition) is 1. The monoisotopic (exact) mass is 251 g/mol. The molecule has 1 aromatic heterocycles. The minimum Gasteiger partial charge on any atom is -0.398 e. The Morgan fingerprint density at radius 1 is 1.39 bits per heavy atom. The summed E-state index contributed by atoms with van der Waals surface area (Å²) < 4.78 is 1.33. The lowest BCUT2D eigenvalue weighted by Crippen LogP contribution is -2.41. The molecule has 0 saturated carbocycles. The van der Waals surface area contributed by atoms with E-state index in [0.717, 1.165) is 0 Å². The third-order valence-electron chi connectivity index (χ3n) is 3.28. The number of likely N-dealkylation sites (N-methyl/N-ethyl adjacent to an activating group) is 1. The highest BCUT2D eigenvalue weighted by Gasteiger charge is 2.18. The molecular formula is C13H21N3O2. The summed E-state index contributed by atoms with van der Waals surface area (Å²) in [6.07, 6.45) is 1.49. The van der Waals surface area contributed by atoms with Crippen molar-refractivity contribution in [3.05, 3.63) is 28.7 Å². The average molecular weight is 251 g/mol. The van der Waals surface area contributed by atoms with Crippen molar-refractivity contribution in [3.8, 4) is 0 Å². The number of hydrogen-bond acceptors (Lipinski definition) is 3. The van der Waals surface area contributed by atoms with Gasteiger partial charge in [-0.15, -0.1) is 0 Å². The molecule has 2 N–H and O–H groups in total. The minimum absolute atomic E-state index is 0.0252. The van der Waals surface area contributed by atoms with Gasteiger partial charge in [-0.3, -0.25) is 9.59 Å². The summed E-state index contributed by atoms with van der Waals surface area (Å²) in [7, 11) is 1.75. The third-order valence-corrected chi connectivity index (χ3v) is 3.28. The van der Waals surface area contributed by atoms with Gasteiger partial charge in [0.2, 0.25) is 5.91 Å². The summed E-state index contributed by atoms with van der Waals surface area (Å²) in [4.78, 5) is 25.3. The fourth-order valence-corrected chi connectivity index (χ4v) is 1.61. The molecule has 1 unspecified atom stereocenters. The predicted octanol–water partition coefficient (Wildman–Crippen LogP) is 0.933. The number of nitrogens with zero attached hydrogens (tertiary/aromatic N) is 2. The van der Waals surface area contributed by atoms with Crippen LogP contribution in [0.1, 0.15) is 20.8 Å². The second kappa shape index (κ2) is 5.71. The van der Waals surface area contributed by atoms with Crippen LogP contribution in [0.4, 0.5) is 5.69 Å². The van der Waals surface area contributed by atoms with Gasteiger partial charge in [0.25, 0.3) is 5.56 Å². The van der Waals surface area contributed by atoms with Gasteiger partial charge in [-0.1, -0.05) is 13.8 Å². The first-order valence-electron chi connectivity index (χ1n) is 6.04. The molecule has 0 aliphatic rings. The fourth-order valence-electron chi connectivity index (χ4n) is 1.61. The lowest BCUT2D eigenvalue weighted by Gasteiger charge is -2.28. The Morgan fingerprint density at radius 3 is 2.56 bits per heavy atom. The first kappa shape index (κ1) is 14.3. The van der Waals surface area contributed by atoms with Crippen LogP contribution in [0.3, 0.4) is 0 Å². The van der Waals surface area contributed by atoms with Crippen LogP contribution in [0.2, 0.25) is 0 Å². The number of nitrogens with two attached hydrogens (primary N) is 1. The van der Waals surface area contributed by atoms with Gasteiger partial charge in [-0.2, -0.15) is 0 Å². The van der Waals surface area contributed by atoms with Crippen LogP contribution in [0.15, 0.2) is 23.1 Å². The Labute approximate surface area is 107 Å². The number of carbonyl (C=O) groups is 1. The van der Waals surface area contributed by atoms with Gasteiger partial charge in [0.15, 0.2) is 0 Å². The maximum Gasteiger partial charge on any atom is 0.251 e. The number of aromatic nitrogens is 1. The molecule has 5 heteroatoms. The van der Waals surface area contributed by atoms with E-state index in [1.165, 1.54) is 22.9 Å². The number of anilines is 1. The van der Waals surface area contributed by atoms with Gasteiger partial charge in [0, 0.05) is 31.0 Å². The smallest absolute Gasteiger partial charge is 0.251 e. The van der Waals surface area contributed by atoms with Gasteiger partial charge in [0.05, 0.1) is 0 Å². The quantitative estimate of drug-likeness (QED) is 0.865. The molecule has 0 saturated heterocycles. The van der Waals surface area contributed by atoms with Crippen molar-refractivity contribution in [1.82, 2.24) is 9.47 Å². The van der Waals surface area contributed by atoms with E-state index in [-0.39, 0.29) is 24.1 Å². The minimum atomic E-state index is -0.219. The molecule has 0 bridgehead atoms. The van der Waals surface area contributed by atoms with Gasteiger partial charge < -0.3 is 15.2 Å². The van der Waals surface area contributed by atoms with Crippen molar-refractivity contribution in [2.75, 3.05) is 12.8 Å². The van der Waals surface area contributed by atoms with E-state index in [2.05, 4.69) is 13.8 Å². The second-order valence-corrected chi connectivity index (χ2v) is 4.92. The summed E-state index contributed by atoms with van der Waals surface area (Å²) in [6.45, 7) is 6.13. The highest BCUT2D eigenvalue weighted by atomic mass is 16.2. The predicted molar refractivity (Wildman–Crippen MR) is 72.2 cm³/mol. The molecule has 1 aromatic rings. The zero-order valence-corrected chi connectivity index (χ0v) is 11.4. The molecule has 0 aromatic carbocycles. The van der Waals surface area contributed by atoms with E-state index in [9.17, 15) is 9.59 Å². The highest BCUT2D eigenvalue weighted by molar-refractivity contribution is 5.76. The van der Waals surface area contributed by atoms with E-state index in [1.54, 1.807) is 11.9 Å². The van der Waals surface area contributed by atoms with Crippen LogP contribution < -0.4 is 11.3 Å². The summed E-state index contributed by atoms with van der Waals surface area (Å²) in [5.74, 6) is 0.278. The lowest BCUT2D eigenvalue weighted by atomic mass is 10.1. The van der Waals surface area contributed by atoms with Crippen LogP contribution in [0, 0.1) is 5.92 Å². The Morgan fingerprint density at radius 2 is 2.00 bits per heavy atom. The van der Waals surface area contributed by atoms with Gasteiger partial charge in [-0.05, 0) is 18.9 Å². The number of carbonyl (C=O) groups excluding carboxylic acids is 1. The normalized spacial score (nSPS) is 12.5. The van der Waals surface area contributed by atoms with Crippen LogP contribution in [-0.2, 0) is 11.3 Å². The highest BCUT2D eigenvalue weighted by Crippen LogP contribution is 2.08. The lowest BCUT2D eigenvalue weighted by molar-refractivity contribution is -0.133. The molecular weight excluding hydrogens is 230 g/mol. The van der Waals surface area contributed by atoms with Crippen LogP contribution in [0.25, 0.3) is 0 Å². The Balaban J connectivity index is 2.82. The SMILES string of the molecule is CC(C)C(C)N(C)C(=O)Cn1cc(N)ccc1=O. The van der Waals surface area contributed by atoms with Gasteiger partial charge in [0.1, 0.15) is 6.54 Å². The molecule has 18 heavy (non-hydrogen) atoms. The van der Waals surface area contributed by atoms with E-state index in [4.69, 9.17) is 5.73 Å². The Kier molecular flexibility index (Phi) is 4.53. The fraction of sp³-hybridized carbons (Fsp3) is 0.538. The van der Waals surface area contributed by atoms with Crippen LogP contribution >= 0.6 is 0 Å². The maximum absolute atomic E-state index is 12.0. The van der Waals surface area contributed by atoms with Crippen molar-refractivity contribution < 1.29 is 4.79 Å². The summed E-state index contributed by atoms with van der Waals surface area (Å²) >= 11 is 0. The number of amides is 1. The topological polar surface area (TPSA) is 68.3 Å². The Bertz CT molecular complexity index is 479. The van der Waals surface area contributed by atoms with Crippen molar-refractivity contribution in [2.45, 2.75) is 33.4 Å². The standard InChI is InChI=1S/C13H21N3O2/c1-9(2)10(3)15(4)13(18)8-16-7-11(14)5-6-12(16)17/h5-7,9-10H,8,14H2,1-4H3. The molecule has 1 heterocycles. The summed E-state index contributed by atoms with van der Waals surface area (Å²) in [6, 6.07) is 3.03. The van der Waals surface area contributed by atoms with Crippen LogP contribution in [0.5, 0.6) is 0 Å². The van der Waals surface area contributed by atoms with E-state index in [1.807, 2.05) is 6.92 Å². The van der Waals surface area contributed by atoms with Crippen molar-refractivity contribution in [1.29, 1.82) is 0 Å². The zero-order chi connectivity index (χ0) is 13.9. The largest absolute Gasteiger partial charge is 0.398 e. The first-order chi connectivity index (χ1) is 8.32. The molecule has 0 aliphatic carbocycles. The van der Waals surface area contributed by atoms with E-state index < -0.39 is 0 Å². The summed E-state index contributed by atoms with van der Waals surface area (Å²) in [5.41, 5.74) is 5.86. The van der Waals surface area contributed by atoms with Crippen LogP contribution in [-0.4, -0.2) is 28.5 Å².